The van der Waals surface area contributed by atoms with E-state index in [0.717, 1.165) is 10.4 Å². The first-order chi connectivity index (χ1) is 16.3. The molecule has 3 aromatic rings. The van der Waals surface area contributed by atoms with Gasteiger partial charge in [-0.2, -0.15) is 0 Å². The lowest BCUT2D eigenvalue weighted by atomic mass is 9.97. The number of hydrogen-bond donors (Lipinski definition) is 1. The lowest BCUT2D eigenvalue weighted by molar-refractivity contribution is -0.140. The highest BCUT2D eigenvalue weighted by atomic mass is 35.5. The standard InChI is InChI=1S/C25H21ClFNO5S/c1-13-8-9-34-24(13)21-20(22(29)16-10-19(33-3)17(26)11-18(16)32-2)23(30)25(31)28(21)12-14-4-6-15(27)7-5-14/h4-11,21,29H,12H2,1-3H3/b22-20+. The number of carbonyl (C=O) groups is 2. The molecule has 1 aliphatic rings. The van der Waals surface area contributed by atoms with Gasteiger partial charge in [0, 0.05) is 17.5 Å². The van der Waals surface area contributed by atoms with Gasteiger partial charge in [-0.05, 0) is 47.7 Å². The molecule has 1 aromatic heterocycles. The van der Waals surface area contributed by atoms with Crippen LogP contribution in [0, 0.1) is 12.7 Å². The first-order valence-electron chi connectivity index (χ1n) is 10.3. The van der Waals surface area contributed by atoms with Gasteiger partial charge in [-0.15, -0.1) is 11.3 Å². The van der Waals surface area contributed by atoms with Crippen molar-refractivity contribution in [2.75, 3.05) is 14.2 Å². The average molecular weight is 502 g/mol. The molecule has 1 fully saturated rings. The van der Waals surface area contributed by atoms with Crippen LogP contribution >= 0.6 is 22.9 Å². The molecule has 176 valence electrons. The molecule has 1 amide bonds. The third-order valence-corrected chi connectivity index (χ3v) is 7.05. The normalized spacial score (nSPS) is 17.3. The number of halogens is 2. The SMILES string of the molecule is COc1cc(/C(O)=C2\C(=O)C(=O)N(Cc3ccc(F)cc3)C2c2sccc2C)c(OC)cc1Cl. The van der Waals surface area contributed by atoms with Gasteiger partial charge in [0.25, 0.3) is 11.7 Å². The fraction of sp³-hybridized carbons (Fsp3) is 0.200. The number of amides is 1. The van der Waals surface area contributed by atoms with Gasteiger partial charge in [0.15, 0.2) is 0 Å². The van der Waals surface area contributed by atoms with E-state index in [1.807, 2.05) is 18.4 Å². The second-order valence-electron chi connectivity index (χ2n) is 7.71. The first-order valence-corrected chi connectivity index (χ1v) is 11.5. The Hall–Kier alpha value is -3.36. The maximum atomic E-state index is 13.4. The maximum absolute atomic E-state index is 13.4. The van der Waals surface area contributed by atoms with Gasteiger partial charge in [0.05, 0.1) is 30.4 Å². The quantitative estimate of drug-likeness (QED) is 0.275. The molecule has 0 saturated carbocycles. The Labute approximate surface area is 204 Å². The van der Waals surface area contributed by atoms with Gasteiger partial charge in [-0.3, -0.25) is 9.59 Å². The number of aryl methyl sites for hydroxylation is 1. The lowest BCUT2D eigenvalue weighted by Crippen LogP contribution is -2.29. The zero-order valence-corrected chi connectivity index (χ0v) is 20.2. The molecule has 4 rings (SSSR count). The van der Waals surface area contributed by atoms with E-state index < -0.39 is 29.3 Å². The lowest BCUT2D eigenvalue weighted by Gasteiger charge is -2.25. The number of methoxy groups -OCH3 is 2. The van der Waals surface area contributed by atoms with E-state index in [9.17, 15) is 19.1 Å². The molecule has 1 aliphatic heterocycles. The Morgan fingerprint density at radius 2 is 1.79 bits per heavy atom. The molecule has 1 N–H and O–H groups in total. The van der Waals surface area contributed by atoms with Crippen LogP contribution in [0.25, 0.3) is 5.76 Å². The number of rotatable bonds is 6. The number of aliphatic hydroxyl groups excluding tert-OH is 1. The van der Waals surface area contributed by atoms with Crippen LogP contribution in [0.15, 0.2) is 53.4 Å². The van der Waals surface area contributed by atoms with Gasteiger partial charge >= 0.3 is 0 Å². The Kier molecular flexibility index (Phi) is 6.63. The largest absolute Gasteiger partial charge is 0.507 e. The minimum absolute atomic E-state index is 0.0602. The molecule has 0 bridgehead atoms. The fourth-order valence-electron chi connectivity index (χ4n) is 3.96. The van der Waals surface area contributed by atoms with E-state index in [2.05, 4.69) is 0 Å². The molecule has 0 aliphatic carbocycles. The summed E-state index contributed by atoms with van der Waals surface area (Å²) in [6.07, 6.45) is 0. The van der Waals surface area contributed by atoms with Crippen LogP contribution in [0.3, 0.4) is 0 Å². The van der Waals surface area contributed by atoms with Crippen molar-refractivity contribution in [3.63, 3.8) is 0 Å². The van der Waals surface area contributed by atoms with E-state index in [1.165, 1.54) is 54.7 Å². The summed E-state index contributed by atoms with van der Waals surface area (Å²) in [4.78, 5) is 28.5. The zero-order chi connectivity index (χ0) is 24.6. The van der Waals surface area contributed by atoms with Gasteiger partial charge < -0.3 is 19.5 Å². The molecule has 34 heavy (non-hydrogen) atoms. The number of thiophene rings is 1. The fourth-order valence-corrected chi connectivity index (χ4v) is 5.23. The maximum Gasteiger partial charge on any atom is 0.295 e. The topological polar surface area (TPSA) is 76.1 Å². The molecule has 6 nitrogen and oxygen atoms in total. The first kappa shape index (κ1) is 23.8. The molecular formula is C25H21ClFNO5S. The molecule has 1 atom stereocenters. The number of likely N-dealkylation sites (tertiary alicyclic amines) is 1. The number of Topliss-reactive ketones (excluding diaryl/α,β-unsaturated/α-hetero) is 1. The minimum atomic E-state index is -0.837. The number of nitrogens with zero attached hydrogens (tertiary/aromatic N) is 1. The predicted octanol–water partition coefficient (Wildman–Crippen LogP) is 5.49. The van der Waals surface area contributed by atoms with Crippen LogP contribution in [-0.2, 0) is 16.1 Å². The van der Waals surface area contributed by atoms with Crippen LogP contribution < -0.4 is 9.47 Å². The Balaban J connectivity index is 1.91. The Morgan fingerprint density at radius 3 is 2.38 bits per heavy atom. The molecule has 9 heteroatoms. The highest BCUT2D eigenvalue weighted by Crippen LogP contribution is 2.45. The second-order valence-corrected chi connectivity index (χ2v) is 9.06. The molecule has 2 heterocycles. The number of carbonyl (C=O) groups excluding carboxylic acids is 2. The number of ether oxygens (including phenoxy) is 2. The van der Waals surface area contributed by atoms with Gasteiger partial charge in [-0.25, -0.2) is 4.39 Å². The smallest absolute Gasteiger partial charge is 0.295 e. The molecular weight excluding hydrogens is 481 g/mol. The third kappa shape index (κ3) is 4.15. The van der Waals surface area contributed by atoms with Gasteiger partial charge in [0.2, 0.25) is 0 Å². The van der Waals surface area contributed by atoms with E-state index in [1.54, 1.807) is 12.1 Å². The summed E-state index contributed by atoms with van der Waals surface area (Å²) in [7, 11) is 2.83. The second kappa shape index (κ2) is 9.48. The summed E-state index contributed by atoms with van der Waals surface area (Å²) in [6.45, 7) is 1.93. The molecule has 2 aromatic carbocycles. The van der Waals surface area contributed by atoms with Gasteiger partial charge in [0.1, 0.15) is 29.1 Å². The molecule has 0 spiro atoms. The summed E-state index contributed by atoms with van der Waals surface area (Å²) in [5.74, 6) is -1.90. The van der Waals surface area contributed by atoms with E-state index in [-0.39, 0.29) is 34.2 Å². The van der Waals surface area contributed by atoms with Crippen molar-refractivity contribution in [3.05, 3.63) is 85.8 Å². The minimum Gasteiger partial charge on any atom is -0.507 e. The molecule has 1 saturated heterocycles. The third-order valence-electron chi connectivity index (χ3n) is 5.69. The summed E-state index contributed by atoms with van der Waals surface area (Å²) in [5.41, 5.74) is 1.61. The highest BCUT2D eigenvalue weighted by molar-refractivity contribution is 7.10. The number of ketones is 1. The monoisotopic (exact) mass is 501 g/mol. The summed E-state index contributed by atoms with van der Waals surface area (Å²) in [5, 5.41) is 13.5. The number of benzene rings is 2. The molecule has 1 unspecified atom stereocenters. The summed E-state index contributed by atoms with van der Waals surface area (Å²) in [6, 6.07) is 9.67. The highest BCUT2D eigenvalue weighted by Gasteiger charge is 2.47. The van der Waals surface area contributed by atoms with Crippen molar-refractivity contribution in [2.45, 2.75) is 19.5 Å². The number of aliphatic hydroxyl groups is 1. The Bertz CT molecular complexity index is 1300. The van der Waals surface area contributed by atoms with Crippen molar-refractivity contribution in [1.29, 1.82) is 0 Å². The molecule has 0 radical (unpaired) electrons. The van der Waals surface area contributed by atoms with Crippen LogP contribution in [-0.4, -0.2) is 35.9 Å². The van der Waals surface area contributed by atoms with Crippen molar-refractivity contribution < 1.29 is 28.6 Å². The summed E-state index contributed by atoms with van der Waals surface area (Å²) < 4.78 is 24.0. The van der Waals surface area contributed by atoms with Crippen molar-refractivity contribution >= 4 is 40.4 Å². The zero-order valence-electron chi connectivity index (χ0n) is 18.6. The summed E-state index contributed by atoms with van der Waals surface area (Å²) >= 11 is 7.57. The van der Waals surface area contributed by atoms with Crippen molar-refractivity contribution in [3.8, 4) is 11.5 Å². The number of hydrogen-bond acceptors (Lipinski definition) is 6. The van der Waals surface area contributed by atoms with E-state index in [0.29, 0.717) is 5.56 Å². The van der Waals surface area contributed by atoms with Crippen LogP contribution in [0.1, 0.15) is 27.6 Å². The van der Waals surface area contributed by atoms with Crippen LogP contribution in [0.5, 0.6) is 11.5 Å². The van der Waals surface area contributed by atoms with Crippen molar-refractivity contribution in [2.24, 2.45) is 0 Å². The van der Waals surface area contributed by atoms with Crippen molar-refractivity contribution in [1.82, 2.24) is 4.90 Å². The van der Waals surface area contributed by atoms with Crippen LogP contribution in [0.2, 0.25) is 5.02 Å². The van der Waals surface area contributed by atoms with Crippen LogP contribution in [0.4, 0.5) is 4.39 Å². The average Bonchev–Trinajstić information content (AvgIpc) is 3.35. The van der Waals surface area contributed by atoms with E-state index in [4.69, 9.17) is 21.1 Å². The van der Waals surface area contributed by atoms with Gasteiger partial charge in [-0.1, -0.05) is 23.7 Å². The predicted molar refractivity (Wildman–Crippen MR) is 128 cm³/mol. The Morgan fingerprint density at radius 1 is 1.12 bits per heavy atom. The van der Waals surface area contributed by atoms with E-state index >= 15 is 0 Å².